The lowest BCUT2D eigenvalue weighted by Crippen LogP contribution is -2.39. The Hall–Kier alpha value is -1.72. The van der Waals surface area contributed by atoms with Gasteiger partial charge in [0.2, 0.25) is 5.75 Å². The Labute approximate surface area is 192 Å². The minimum atomic E-state index is -1.70. The van der Waals surface area contributed by atoms with E-state index in [0.717, 1.165) is 0 Å². The summed E-state index contributed by atoms with van der Waals surface area (Å²) in [6, 6.07) is 3.00. The van der Waals surface area contributed by atoms with Gasteiger partial charge >= 0.3 is 5.69 Å². The number of benzene rings is 1. The number of nitrogens with zero attached hydrogens (tertiary/aromatic N) is 1. The van der Waals surface area contributed by atoms with Crippen molar-refractivity contribution in [1.29, 1.82) is 0 Å². The third-order valence-corrected chi connectivity index (χ3v) is 6.47. The molecule has 0 aromatic heterocycles. The van der Waals surface area contributed by atoms with Gasteiger partial charge in [0.15, 0.2) is 8.32 Å². The monoisotopic (exact) mass is 473 g/mol. The molecule has 0 saturated heterocycles. The molecule has 0 heterocycles. The predicted molar refractivity (Wildman–Crippen MR) is 125 cm³/mol. The first-order chi connectivity index (χ1) is 14.9. The van der Waals surface area contributed by atoms with Gasteiger partial charge in [-0.25, -0.2) is 0 Å². The second-order valence-corrected chi connectivity index (χ2v) is 13.6. The molecule has 1 aromatic carbocycles. The van der Waals surface area contributed by atoms with Crippen molar-refractivity contribution < 1.29 is 33.4 Å². The van der Waals surface area contributed by atoms with Crippen LogP contribution in [0.4, 0.5) is 5.69 Å². The second-order valence-electron chi connectivity index (χ2n) is 9.06. The van der Waals surface area contributed by atoms with Crippen LogP contribution in [-0.4, -0.2) is 65.6 Å². The second kappa shape index (κ2) is 12.5. The predicted octanol–water partition coefficient (Wildman–Crippen LogP) is 4.19. The average molecular weight is 474 g/mol. The summed E-state index contributed by atoms with van der Waals surface area (Å²) in [6.07, 6.45) is -1.29. The zero-order valence-corrected chi connectivity index (χ0v) is 21.7. The Morgan fingerprint density at radius 2 is 1.66 bits per heavy atom. The normalized spacial score (nSPS) is 16.7. The minimum Gasteiger partial charge on any atom is -0.496 e. The molecule has 0 fully saturated rings. The fourth-order valence-electron chi connectivity index (χ4n) is 3.67. The molecule has 0 unspecified atom stereocenters. The van der Waals surface area contributed by atoms with E-state index in [2.05, 4.69) is 19.6 Å². The Morgan fingerprint density at radius 3 is 2.09 bits per heavy atom. The van der Waals surface area contributed by atoms with Crippen LogP contribution in [0, 0.1) is 22.0 Å². The van der Waals surface area contributed by atoms with Gasteiger partial charge in [0, 0.05) is 32.3 Å². The molecule has 1 rings (SSSR count). The van der Waals surface area contributed by atoms with Crippen LogP contribution >= 0.6 is 0 Å². The molecule has 1 aromatic rings. The number of nitro groups is 1. The summed E-state index contributed by atoms with van der Waals surface area (Å²) in [7, 11) is 4.23. The quantitative estimate of drug-likeness (QED) is 0.243. The SMILES string of the molecule is COc1cc([C@H](OC)[C@@H](C)C[C@H](OC)[C@H](O)[C@@H](C)CO[Si](C)(C)C)c(OC)c([N+](=O)[O-])c1. The van der Waals surface area contributed by atoms with Crippen molar-refractivity contribution in [3.05, 3.63) is 27.8 Å². The van der Waals surface area contributed by atoms with Gasteiger partial charge in [0.05, 0.1) is 43.5 Å². The molecule has 32 heavy (non-hydrogen) atoms. The zero-order valence-electron chi connectivity index (χ0n) is 20.7. The van der Waals surface area contributed by atoms with Crippen molar-refractivity contribution in [2.75, 3.05) is 35.0 Å². The van der Waals surface area contributed by atoms with Gasteiger partial charge < -0.3 is 28.5 Å². The molecule has 0 aliphatic heterocycles. The van der Waals surface area contributed by atoms with Crippen LogP contribution < -0.4 is 9.47 Å². The number of hydrogen-bond acceptors (Lipinski definition) is 8. The van der Waals surface area contributed by atoms with Crippen molar-refractivity contribution in [2.45, 2.75) is 58.2 Å². The van der Waals surface area contributed by atoms with E-state index in [0.29, 0.717) is 24.3 Å². The number of hydrogen-bond donors (Lipinski definition) is 1. The number of rotatable bonds is 14. The average Bonchev–Trinajstić information content (AvgIpc) is 2.74. The summed E-state index contributed by atoms with van der Waals surface area (Å²) in [5.74, 6) is 0.181. The first kappa shape index (κ1) is 28.3. The maximum absolute atomic E-state index is 11.6. The molecule has 9 nitrogen and oxygen atoms in total. The minimum absolute atomic E-state index is 0.118. The highest BCUT2D eigenvalue weighted by atomic mass is 28.4. The third kappa shape index (κ3) is 7.70. The lowest BCUT2D eigenvalue weighted by atomic mass is 9.87. The van der Waals surface area contributed by atoms with Gasteiger partial charge in [-0.15, -0.1) is 0 Å². The molecule has 0 aliphatic rings. The van der Waals surface area contributed by atoms with E-state index in [9.17, 15) is 15.2 Å². The van der Waals surface area contributed by atoms with Crippen molar-refractivity contribution in [3.63, 3.8) is 0 Å². The molecule has 10 heteroatoms. The van der Waals surface area contributed by atoms with Crippen LogP contribution in [-0.2, 0) is 13.9 Å². The third-order valence-electron chi connectivity index (χ3n) is 5.44. The van der Waals surface area contributed by atoms with E-state index in [4.69, 9.17) is 23.4 Å². The first-order valence-electron chi connectivity index (χ1n) is 10.7. The van der Waals surface area contributed by atoms with Gasteiger partial charge in [-0.1, -0.05) is 13.8 Å². The molecule has 5 atom stereocenters. The smallest absolute Gasteiger partial charge is 0.315 e. The molecule has 0 spiro atoms. The first-order valence-corrected chi connectivity index (χ1v) is 14.1. The summed E-state index contributed by atoms with van der Waals surface area (Å²) in [5, 5.41) is 22.5. The van der Waals surface area contributed by atoms with Crippen LogP contribution in [0.15, 0.2) is 12.1 Å². The largest absolute Gasteiger partial charge is 0.496 e. The Balaban J connectivity index is 3.15. The van der Waals surface area contributed by atoms with Gasteiger partial charge in [-0.2, -0.15) is 0 Å². The molecule has 1 N–H and O–H groups in total. The molecular weight excluding hydrogens is 434 g/mol. The molecule has 0 radical (unpaired) electrons. The number of methoxy groups -OCH3 is 4. The summed E-state index contributed by atoms with van der Waals surface area (Å²) < 4.78 is 27.9. The lowest BCUT2D eigenvalue weighted by Gasteiger charge is -2.32. The van der Waals surface area contributed by atoms with Gasteiger partial charge in [0.25, 0.3) is 0 Å². The molecule has 184 valence electrons. The number of ether oxygens (including phenoxy) is 4. The maximum atomic E-state index is 11.6. The van der Waals surface area contributed by atoms with E-state index in [1.165, 1.54) is 27.4 Å². The van der Waals surface area contributed by atoms with E-state index >= 15 is 0 Å². The van der Waals surface area contributed by atoms with Crippen LogP contribution in [0.3, 0.4) is 0 Å². The van der Waals surface area contributed by atoms with E-state index in [1.54, 1.807) is 13.2 Å². The highest BCUT2D eigenvalue weighted by Gasteiger charge is 2.34. The summed E-state index contributed by atoms with van der Waals surface area (Å²) >= 11 is 0. The maximum Gasteiger partial charge on any atom is 0.315 e. The Kier molecular flexibility index (Phi) is 11.1. The summed E-state index contributed by atoms with van der Waals surface area (Å²) in [5.41, 5.74) is 0.310. The van der Waals surface area contributed by atoms with Crippen LogP contribution in [0.25, 0.3) is 0 Å². The standard InChI is InChI=1S/C22H39NO8Si/c1-14(10-19(28-4)20(24)15(2)13-31-32(7,8)9)21(29-5)17-11-16(27-3)12-18(23(25)26)22(17)30-6/h11-12,14-15,19-21,24H,10,13H2,1-9H3/t14-,15-,19-,20+,21+/m0/s1. The molecule has 0 amide bonds. The molecular formula is C22H39NO8Si. The highest BCUT2D eigenvalue weighted by molar-refractivity contribution is 6.69. The Bertz CT molecular complexity index is 739. The number of nitro benzene ring substituents is 1. The van der Waals surface area contributed by atoms with E-state index in [1.807, 2.05) is 13.8 Å². The Morgan fingerprint density at radius 1 is 1.03 bits per heavy atom. The van der Waals surface area contributed by atoms with Crippen LogP contribution in [0.2, 0.25) is 19.6 Å². The van der Waals surface area contributed by atoms with E-state index in [-0.39, 0.29) is 23.3 Å². The number of aliphatic hydroxyl groups is 1. The topological polar surface area (TPSA) is 110 Å². The van der Waals surface area contributed by atoms with Gasteiger partial charge in [-0.05, 0) is 38.0 Å². The van der Waals surface area contributed by atoms with Gasteiger partial charge in [0.1, 0.15) is 5.75 Å². The van der Waals surface area contributed by atoms with Gasteiger partial charge in [-0.3, -0.25) is 10.1 Å². The van der Waals surface area contributed by atoms with Crippen molar-refractivity contribution in [1.82, 2.24) is 0 Å². The fraction of sp³-hybridized carbons (Fsp3) is 0.727. The van der Waals surface area contributed by atoms with Crippen LogP contribution in [0.5, 0.6) is 11.5 Å². The highest BCUT2D eigenvalue weighted by Crippen LogP contribution is 2.43. The fourth-order valence-corrected chi connectivity index (χ4v) is 4.44. The molecule has 0 aliphatic carbocycles. The summed E-state index contributed by atoms with van der Waals surface area (Å²) in [4.78, 5) is 11.1. The van der Waals surface area contributed by atoms with E-state index < -0.39 is 31.6 Å². The number of aliphatic hydroxyl groups excluding tert-OH is 1. The van der Waals surface area contributed by atoms with Crippen molar-refractivity contribution >= 4 is 14.0 Å². The molecule has 0 bridgehead atoms. The van der Waals surface area contributed by atoms with Crippen LogP contribution in [0.1, 0.15) is 31.9 Å². The summed E-state index contributed by atoms with van der Waals surface area (Å²) in [6.45, 7) is 10.6. The lowest BCUT2D eigenvalue weighted by molar-refractivity contribution is -0.385. The van der Waals surface area contributed by atoms with Crippen molar-refractivity contribution in [2.24, 2.45) is 11.8 Å². The zero-order chi connectivity index (χ0) is 24.6. The molecule has 0 saturated carbocycles. The van der Waals surface area contributed by atoms with Crippen molar-refractivity contribution in [3.8, 4) is 11.5 Å².